The van der Waals surface area contributed by atoms with E-state index in [1.54, 1.807) is 0 Å². The van der Waals surface area contributed by atoms with Gasteiger partial charge in [0.05, 0.1) is 51.8 Å². The van der Waals surface area contributed by atoms with E-state index in [9.17, 15) is 0 Å². The molecule has 1 aliphatic rings. The first-order chi connectivity index (χ1) is 9.71. The van der Waals surface area contributed by atoms with E-state index in [1.165, 1.54) is 0 Å². The van der Waals surface area contributed by atoms with Crippen LogP contribution in [0.15, 0.2) is 0 Å². The molecule has 6 heteroatoms. The second kappa shape index (κ2) is 11.4. The molecule has 1 rings (SSSR count). The summed E-state index contributed by atoms with van der Waals surface area (Å²) in [4.78, 5) is 0. The van der Waals surface area contributed by atoms with Crippen LogP contribution >= 0.6 is 0 Å². The predicted molar refractivity (Wildman–Crippen MR) is 78.2 cm³/mol. The summed E-state index contributed by atoms with van der Waals surface area (Å²) in [7, 11) is 0. The molecule has 1 heterocycles. The summed E-state index contributed by atoms with van der Waals surface area (Å²) in [5, 5.41) is 6.56. The highest BCUT2D eigenvalue weighted by molar-refractivity contribution is 4.68. The molecular weight excluding hydrogens is 260 g/mol. The fourth-order valence-corrected chi connectivity index (χ4v) is 1.76. The van der Waals surface area contributed by atoms with E-state index < -0.39 is 0 Å². The first-order valence-electron chi connectivity index (χ1n) is 7.49. The molecule has 0 amide bonds. The quantitative estimate of drug-likeness (QED) is 0.656. The maximum absolute atomic E-state index is 5.81. The fourth-order valence-electron chi connectivity index (χ4n) is 1.76. The lowest BCUT2D eigenvalue weighted by Gasteiger charge is -2.25. The van der Waals surface area contributed by atoms with Crippen molar-refractivity contribution >= 4 is 0 Å². The average molecular weight is 290 g/mol. The zero-order valence-electron chi connectivity index (χ0n) is 12.9. The van der Waals surface area contributed by atoms with E-state index in [2.05, 4.69) is 24.5 Å². The van der Waals surface area contributed by atoms with Gasteiger partial charge in [-0.05, 0) is 13.8 Å². The molecule has 20 heavy (non-hydrogen) atoms. The Morgan fingerprint density at radius 3 is 1.75 bits per heavy atom. The second-order valence-electron chi connectivity index (χ2n) is 5.39. The van der Waals surface area contributed by atoms with Crippen molar-refractivity contribution < 1.29 is 18.9 Å². The third kappa shape index (κ3) is 10.5. The van der Waals surface area contributed by atoms with Gasteiger partial charge in [0.1, 0.15) is 0 Å². The topological polar surface area (TPSA) is 61.0 Å². The molecule has 0 unspecified atom stereocenters. The predicted octanol–water partition coefficient (Wildman–Crippen LogP) is 0.0242. The first-order valence-corrected chi connectivity index (χ1v) is 7.49. The highest BCUT2D eigenvalue weighted by atomic mass is 16.5. The standard InChI is InChI=1S/C14H30N2O4/c1-14(2)13-19-9-5-15-3-7-17-11-12-18-8-4-16-6-10-20-14/h15-16H,3-13H2,1-2H3. The van der Waals surface area contributed by atoms with Gasteiger partial charge in [0, 0.05) is 26.2 Å². The minimum atomic E-state index is -0.243. The molecule has 120 valence electrons. The Hall–Kier alpha value is -0.240. The van der Waals surface area contributed by atoms with Crippen molar-refractivity contribution in [3.05, 3.63) is 0 Å². The van der Waals surface area contributed by atoms with Gasteiger partial charge in [-0.2, -0.15) is 0 Å². The molecule has 1 aliphatic heterocycles. The van der Waals surface area contributed by atoms with E-state index in [0.717, 1.165) is 26.2 Å². The van der Waals surface area contributed by atoms with Crippen molar-refractivity contribution in [3.8, 4) is 0 Å². The number of hydrogen-bond donors (Lipinski definition) is 2. The molecule has 1 saturated heterocycles. The third-order valence-corrected chi connectivity index (χ3v) is 2.86. The van der Waals surface area contributed by atoms with Crippen LogP contribution in [0.4, 0.5) is 0 Å². The molecular formula is C14H30N2O4. The lowest BCUT2D eigenvalue weighted by molar-refractivity contribution is -0.0733. The largest absolute Gasteiger partial charge is 0.378 e. The summed E-state index contributed by atoms with van der Waals surface area (Å²) >= 11 is 0. The van der Waals surface area contributed by atoms with Crippen LogP contribution in [-0.4, -0.2) is 78.0 Å². The van der Waals surface area contributed by atoms with Crippen molar-refractivity contribution in [1.82, 2.24) is 10.6 Å². The van der Waals surface area contributed by atoms with Gasteiger partial charge in [-0.3, -0.25) is 0 Å². The second-order valence-corrected chi connectivity index (χ2v) is 5.39. The maximum atomic E-state index is 5.81. The Morgan fingerprint density at radius 1 is 0.650 bits per heavy atom. The van der Waals surface area contributed by atoms with Gasteiger partial charge in [0.15, 0.2) is 0 Å². The van der Waals surface area contributed by atoms with Crippen molar-refractivity contribution in [3.63, 3.8) is 0 Å². The summed E-state index contributed by atoms with van der Waals surface area (Å²) in [5.74, 6) is 0. The minimum Gasteiger partial charge on any atom is -0.378 e. The Labute approximate surface area is 122 Å². The minimum absolute atomic E-state index is 0.243. The zero-order chi connectivity index (χ0) is 14.5. The van der Waals surface area contributed by atoms with Crippen LogP contribution in [0, 0.1) is 0 Å². The number of hydrogen-bond acceptors (Lipinski definition) is 6. The molecule has 0 aromatic heterocycles. The first kappa shape index (κ1) is 17.8. The van der Waals surface area contributed by atoms with Crippen molar-refractivity contribution in [1.29, 1.82) is 0 Å². The van der Waals surface area contributed by atoms with E-state index >= 15 is 0 Å². The van der Waals surface area contributed by atoms with Crippen molar-refractivity contribution in [2.24, 2.45) is 0 Å². The summed E-state index contributed by atoms with van der Waals surface area (Å²) in [6.07, 6.45) is 0. The van der Waals surface area contributed by atoms with Crippen LogP contribution in [0.1, 0.15) is 13.8 Å². The Balaban J connectivity index is 2.18. The molecule has 0 spiro atoms. The monoisotopic (exact) mass is 290 g/mol. The van der Waals surface area contributed by atoms with E-state index in [0.29, 0.717) is 46.2 Å². The van der Waals surface area contributed by atoms with E-state index in [4.69, 9.17) is 18.9 Å². The molecule has 6 nitrogen and oxygen atoms in total. The van der Waals surface area contributed by atoms with Crippen LogP contribution in [0.3, 0.4) is 0 Å². The normalized spacial score (nSPS) is 25.5. The number of rotatable bonds is 0. The van der Waals surface area contributed by atoms with E-state index in [1.807, 2.05) is 0 Å². The van der Waals surface area contributed by atoms with Gasteiger partial charge >= 0.3 is 0 Å². The fraction of sp³-hybridized carbons (Fsp3) is 1.00. The Bertz CT molecular complexity index is 207. The number of nitrogens with one attached hydrogen (secondary N) is 2. The van der Waals surface area contributed by atoms with Crippen LogP contribution in [-0.2, 0) is 18.9 Å². The van der Waals surface area contributed by atoms with Crippen LogP contribution in [0.5, 0.6) is 0 Å². The van der Waals surface area contributed by atoms with Gasteiger partial charge < -0.3 is 29.6 Å². The highest BCUT2D eigenvalue weighted by Gasteiger charge is 2.18. The van der Waals surface area contributed by atoms with Gasteiger partial charge in [0.25, 0.3) is 0 Å². The summed E-state index contributed by atoms with van der Waals surface area (Å²) in [5.41, 5.74) is -0.243. The van der Waals surface area contributed by atoms with Crippen molar-refractivity contribution in [2.75, 3.05) is 72.4 Å². The number of ether oxygens (including phenoxy) is 4. The van der Waals surface area contributed by atoms with E-state index in [-0.39, 0.29) is 5.60 Å². The van der Waals surface area contributed by atoms with Gasteiger partial charge in [0.2, 0.25) is 0 Å². The van der Waals surface area contributed by atoms with Gasteiger partial charge in [-0.25, -0.2) is 0 Å². The van der Waals surface area contributed by atoms with Crippen LogP contribution < -0.4 is 10.6 Å². The molecule has 0 bridgehead atoms. The van der Waals surface area contributed by atoms with Crippen LogP contribution in [0.25, 0.3) is 0 Å². The average Bonchev–Trinajstić information content (AvgIpc) is 2.41. The van der Waals surface area contributed by atoms with Gasteiger partial charge in [-0.15, -0.1) is 0 Å². The van der Waals surface area contributed by atoms with Crippen molar-refractivity contribution in [2.45, 2.75) is 19.4 Å². The summed E-state index contributed by atoms with van der Waals surface area (Å²) < 4.78 is 22.3. The highest BCUT2D eigenvalue weighted by Crippen LogP contribution is 2.08. The molecule has 2 N–H and O–H groups in total. The smallest absolute Gasteiger partial charge is 0.0859 e. The molecule has 0 aliphatic carbocycles. The molecule has 0 atom stereocenters. The Morgan fingerprint density at radius 2 is 1.15 bits per heavy atom. The molecule has 1 fully saturated rings. The SMILES string of the molecule is CC1(C)COCCNCCOCCOCCNCCO1. The summed E-state index contributed by atoms with van der Waals surface area (Å²) in [6.45, 7) is 12.1. The molecule has 0 aromatic rings. The molecule has 0 saturated carbocycles. The third-order valence-electron chi connectivity index (χ3n) is 2.86. The molecule has 0 radical (unpaired) electrons. The zero-order valence-corrected chi connectivity index (χ0v) is 12.9. The van der Waals surface area contributed by atoms with Gasteiger partial charge in [-0.1, -0.05) is 0 Å². The molecule has 0 aromatic carbocycles. The lowest BCUT2D eigenvalue weighted by atomic mass is 10.1. The summed E-state index contributed by atoms with van der Waals surface area (Å²) in [6, 6.07) is 0. The maximum Gasteiger partial charge on any atom is 0.0859 e. The Kier molecular flexibility index (Phi) is 10.2. The lowest BCUT2D eigenvalue weighted by Crippen LogP contribution is -2.35. The van der Waals surface area contributed by atoms with Crippen LogP contribution in [0.2, 0.25) is 0 Å².